The summed E-state index contributed by atoms with van der Waals surface area (Å²) in [6.07, 6.45) is 3.41. The number of nitrogens with zero attached hydrogens (tertiary/aromatic N) is 3. The zero-order valence-electron chi connectivity index (χ0n) is 17.2. The number of imide groups is 1. The van der Waals surface area contributed by atoms with Crippen LogP contribution in [0.5, 0.6) is 5.75 Å². The molecular formula is C22H27N3O5. The Morgan fingerprint density at radius 1 is 0.967 bits per heavy atom. The lowest BCUT2D eigenvalue weighted by Crippen LogP contribution is -2.53. The SMILES string of the molecule is COc1cccc(C(=O)N2CCN(C(=O)CN3C(=O)[C@H]4CCCC[C@@H]4C3=O)CC2)c1. The quantitative estimate of drug-likeness (QED) is 0.692. The highest BCUT2D eigenvalue weighted by molar-refractivity contribution is 6.07. The molecule has 2 atom stereocenters. The first kappa shape index (κ1) is 20.4. The fraction of sp³-hybridized carbons (Fsp3) is 0.545. The van der Waals surface area contributed by atoms with Crippen molar-refractivity contribution >= 4 is 23.6 Å². The number of ether oxygens (including phenoxy) is 1. The molecule has 4 rings (SSSR count). The van der Waals surface area contributed by atoms with Gasteiger partial charge in [-0.05, 0) is 31.0 Å². The largest absolute Gasteiger partial charge is 0.497 e. The van der Waals surface area contributed by atoms with Crippen LogP contribution in [0, 0.1) is 11.8 Å². The molecular weight excluding hydrogens is 386 g/mol. The van der Waals surface area contributed by atoms with E-state index in [2.05, 4.69) is 0 Å². The molecule has 160 valence electrons. The van der Waals surface area contributed by atoms with Gasteiger partial charge >= 0.3 is 0 Å². The first-order valence-corrected chi connectivity index (χ1v) is 10.6. The molecule has 0 radical (unpaired) electrons. The van der Waals surface area contributed by atoms with Gasteiger partial charge in [0.1, 0.15) is 12.3 Å². The maximum atomic E-state index is 12.7. The average Bonchev–Trinajstić information content (AvgIpc) is 3.03. The van der Waals surface area contributed by atoms with Crippen molar-refractivity contribution in [1.29, 1.82) is 0 Å². The van der Waals surface area contributed by atoms with Crippen molar-refractivity contribution in [3.8, 4) is 5.75 Å². The van der Waals surface area contributed by atoms with Crippen molar-refractivity contribution in [3.63, 3.8) is 0 Å². The molecule has 3 aliphatic rings. The topological polar surface area (TPSA) is 87.2 Å². The van der Waals surface area contributed by atoms with Crippen LogP contribution in [0.3, 0.4) is 0 Å². The number of fused-ring (bicyclic) bond motifs is 1. The number of benzene rings is 1. The molecule has 0 N–H and O–H groups in total. The zero-order valence-corrected chi connectivity index (χ0v) is 17.2. The molecule has 0 bridgehead atoms. The molecule has 2 aliphatic heterocycles. The van der Waals surface area contributed by atoms with Gasteiger partial charge in [-0.2, -0.15) is 0 Å². The second kappa shape index (κ2) is 8.45. The van der Waals surface area contributed by atoms with E-state index in [9.17, 15) is 19.2 Å². The minimum Gasteiger partial charge on any atom is -0.497 e. The number of hydrogen-bond donors (Lipinski definition) is 0. The van der Waals surface area contributed by atoms with E-state index in [-0.39, 0.29) is 42.0 Å². The van der Waals surface area contributed by atoms with Crippen LogP contribution in [0.1, 0.15) is 36.0 Å². The van der Waals surface area contributed by atoms with E-state index in [4.69, 9.17) is 4.74 Å². The molecule has 8 heteroatoms. The standard InChI is InChI=1S/C22H27N3O5/c1-30-16-6-4-5-15(13-16)20(27)24-11-9-23(10-12-24)19(26)14-25-21(28)17-7-2-3-8-18(17)22(25)29/h4-6,13,17-18H,2-3,7-12,14H2,1H3/t17-,18-/m0/s1. The molecule has 2 heterocycles. The summed E-state index contributed by atoms with van der Waals surface area (Å²) in [5.41, 5.74) is 0.546. The van der Waals surface area contributed by atoms with Crippen molar-refractivity contribution in [2.45, 2.75) is 25.7 Å². The van der Waals surface area contributed by atoms with E-state index in [1.54, 1.807) is 41.2 Å². The number of methoxy groups -OCH3 is 1. The first-order valence-electron chi connectivity index (χ1n) is 10.6. The molecule has 0 spiro atoms. The van der Waals surface area contributed by atoms with Gasteiger partial charge in [0.15, 0.2) is 0 Å². The van der Waals surface area contributed by atoms with E-state index in [0.29, 0.717) is 37.5 Å². The lowest BCUT2D eigenvalue weighted by molar-refractivity contribution is -0.147. The molecule has 0 aromatic heterocycles. The van der Waals surface area contributed by atoms with Gasteiger partial charge in [0.05, 0.1) is 18.9 Å². The van der Waals surface area contributed by atoms with E-state index in [0.717, 1.165) is 30.6 Å². The molecule has 8 nitrogen and oxygen atoms in total. The fourth-order valence-corrected chi connectivity index (χ4v) is 4.72. The van der Waals surface area contributed by atoms with Crippen molar-refractivity contribution in [2.24, 2.45) is 11.8 Å². The number of amides is 4. The predicted octanol–water partition coefficient (Wildman–Crippen LogP) is 1.15. The van der Waals surface area contributed by atoms with Crippen LogP contribution in [0.15, 0.2) is 24.3 Å². The zero-order chi connectivity index (χ0) is 21.3. The van der Waals surface area contributed by atoms with E-state index in [1.165, 1.54) is 0 Å². The first-order chi connectivity index (χ1) is 14.5. The number of rotatable bonds is 4. The molecule has 4 amide bonds. The second-order valence-electron chi connectivity index (χ2n) is 8.17. The molecule has 2 saturated heterocycles. The van der Waals surface area contributed by atoms with Crippen molar-refractivity contribution in [1.82, 2.24) is 14.7 Å². The molecule has 1 saturated carbocycles. The van der Waals surface area contributed by atoms with E-state index >= 15 is 0 Å². The highest BCUT2D eigenvalue weighted by Crippen LogP contribution is 2.37. The monoisotopic (exact) mass is 413 g/mol. The summed E-state index contributed by atoms with van der Waals surface area (Å²) in [6, 6.07) is 6.99. The highest BCUT2D eigenvalue weighted by Gasteiger charge is 2.48. The molecule has 1 aromatic carbocycles. The Hall–Kier alpha value is -2.90. The van der Waals surface area contributed by atoms with E-state index < -0.39 is 0 Å². The Labute approximate surface area is 175 Å². The Morgan fingerprint density at radius 2 is 1.57 bits per heavy atom. The molecule has 1 aromatic rings. The number of carbonyl (C=O) groups is 4. The summed E-state index contributed by atoms with van der Waals surface area (Å²) in [5.74, 6) is -0.573. The van der Waals surface area contributed by atoms with Gasteiger partial charge in [-0.3, -0.25) is 24.1 Å². The Kier molecular flexibility index (Phi) is 5.74. The highest BCUT2D eigenvalue weighted by atomic mass is 16.5. The summed E-state index contributed by atoms with van der Waals surface area (Å²) in [5, 5.41) is 0. The lowest BCUT2D eigenvalue weighted by atomic mass is 9.81. The van der Waals surface area contributed by atoms with Crippen LogP contribution < -0.4 is 4.74 Å². The maximum Gasteiger partial charge on any atom is 0.254 e. The van der Waals surface area contributed by atoms with Gasteiger partial charge in [0, 0.05) is 31.7 Å². The van der Waals surface area contributed by atoms with E-state index in [1.807, 2.05) is 0 Å². The van der Waals surface area contributed by atoms with Gasteiger partial charge in [0.2, 0.25) is 17.7 Å². The predicted molar refractivity (Wildman–Crippen MR) is 108 cm³/mol. The molecule has 1 aliphatic carbocycles. The maximum absolute atomic E-state index is 12.7. The number of hydrogen-bond acceptors (Lipinski definition) is 5. The fourth-order valence-electron chi connectivity index (χ4n) is 4.72. The third-order valence-electron chi connectivity index (χ3n) is 6.46. The minimum atomic E-state index is -0.239. The molecule has 0 unspecified atom stereocenters. The lowest BCUT2D eigenvalue weighted by Gasteiger charge is -2.35. The Morgan fingerprint density at radius 3 is 2.17 bits per heavy atom. The van der Waals surface area contributed by atoms with Crippen LogP contribution in [-0.4, -0.2) is 78.2 Å². The smallest absolute Gasteiger partial charge is 0.254 e. The summed E-state index contributed by atoms with van der Waals surface area (Å²) < 4.78 is 5.17. The van der Waals surface area contributed by atoms with Gasteiger partial charge in [-0.1, -0.05) is 18.9 Å². The van der Waals surface area contributed by atoms with Gasteiger partial charge in [-0.15, -0.1) is 0 Å². The van der Waals surface area contributed by atoms with Crippen LogP contribution in [-0.2, 0) is 14.4 Å². The Bertz CT molecular complexity index is 838. The normalized spacial score (nSPS) is 24.1. The van der Waals surface area contributed by atoms with Gasteiger partial charge < -0.3 is 14.5 Å². The van der Waals surface area contributed by atoms with Crippen molar-refractivity contribution < 1.29 is 23.9 Å². The average molecular weight is 413 g/mol. The third-order valence-corrected chi connectivity index (χ3v) is 6.46. The van der Waals surface area contributed by atoms with Crippen molar-refractivity contribution in [2.75, 3.05) is 39.8 Å². The van der Waals surface area contributed by atoms with Crippen LogP contribution in [0.25, 0.3) is 0 Å². The second-order valence-corrected chi connectivity index (χ2v) is 8.17. The summed E-state index contributed by atoms with van der Waals surface area (Å²) in [7, 11) is 1.55. The number of piperazine rings is 1. The summed E-state index contributed by atoms with van der Waals surface area (Å²) in [4.78, 5) is 55.2. The third kappa shape index (κ3) is 3.78. The minimum absolute atomic E-state index is 0.102. The van der Waals surface area contributed by atoms with Crippen LogP contribution in [0.4, 0.5) is 0 Å². The number of likely N-dealkylation sites (tertiary alicyclic amines) is 1. The summed E-state index contributed by atoms with van der Waals surface area (Å²) >= 11 is 0. The van der Waals surface area contributed by atoms with Crippen molar-refractivity contribution in [3.05, 3.63) is 29.8 Å². The van der Waals surface area contributed by atoms with Crippen LogP contribution in [0.2, 0.25) is 0 Å². The van der Waals surface area contributed by atoms with Gasteiger partial charge in [-0.25, -0.2) is 0 Å². The van der Waals surface area contributed by atoms with Gasteiger partial charge in [0.25, 0.3) is 5.91 Å². The number of carbonyl (C=O) groups excluding carboxylic acids is 4. The summed E-state index contributed by atoms with van der Waals surface area (Å²) in [6.45, 7) is 1.41. The van der Waals surface area contributed by atoms with Crippen LogP contribution >= 0.6 is 0 Å². The molecule has 3 fully saturated rings. The molecule has 30 heavy (non-hydrogen) atoms. The Balaban J connectivity index is 1.33.